The maximum absolute atomic E-state index is 12.9. The van der Waals surface area contributed by atoms with Crippen LogP contribution in [0.1, 0.15) is 47.6 Å². The van der Waals surface area contributed by atoms with Gasteiger partial charge in [-0.05, 0) is 29.7 Å². The van der Waals surface area contributed by atoms with Gasteiger partial charge in [-0.2, -0.15) is 5.10 Å². The van der Waals surface area contributed by atoms with Gasteiger partial charge in [0, 0.05) is 30.4 Å². The summed E-state index contributed by atoms with van der Waals surface area (Å²) in [5, 5.41) is 11.2. The van der Waals surface area contributed by atoms with E-state index in [2.05, 4.69) is 29.4 Å². The first-order valence-corrected chi connectivity index (χ1v) is 8.26. The molecule has 1 fully saturated rings. The zero-order valence-corrected chi connectivity index (χ0v) is 15.3. The minimum atomic E-state index is -0.0420. The second-order valence-electron chi connectivity index (χ2n) is 6.14. The van der Waals surface area contributed by atoms with E-state index in [1.165, 1.54) is 0 Å². The highest BCUT2D eigenvalue weighted by atomic mass is 35.5. The second-order valence-corrected chi connectivity index (χ2v) is 6.57. The van der Waals surface area contributed by atoms with Crippen molar-refractivity contribution in [3.63, 3.8) is 0 Å². The van der Waals surface area contributed by atoms with Crippen molar-refractivity contribution in [2.24, 2.45) is 0 Å². The summed E-state index contributed by atoms with van der Waals surface area (Å²) in [6.45, 7) is 6.29. The van der Waals surface area contributed by atoms with Gasteiger partial charge in [-0.3, -0.25) is 9.89 Å². The fraction of sp³-hybridized carbons (Fsp3) is 0.412. The van der Waals surface area contributed by atoms with Crippen molar-refractivity contribution >= 4 is 29.9 Å². The van der Waals surface area contributed by atoms with Crippen LogP contribution in [0.4, 0.5) is 0 Å². The summed E-state index contributed by atoms with van der Waals surface area (Å²) in [7, 11) is 0. The van der Waals surface area contributed by atoms with Crippen molar-refractivity contribution < 1.29 is 4.79 Å². The van der Waals surface area contributed by atoms with Crippen LogP contribution < -0.4 is 5.32 Å². The SMILES string of the molecule is CC(C)c1cc(C(=O)N2CCNCC2c2cccc(Cl)c2)n[nH]1.Cl. The van der Waals surface area contributed by atoms with Crippen molar-refractivity contribution in [2.75, 3.05) is 19.6 Å². The summed E-state index contributed by atoms with van der Waals surface area (Å²) in [5.74, 6) is 0.274. The minimum absolute atomic E-state index is 0. The van der Waals surface area contributed by atoms with E-state index in [-0.39, 0.29) is 24.4 Å². The van der Waals surface area contributed by atoms with E-state index in [0.29, 0.717) is 29.7 Å². The molecule has 130 valence electrons. The molecule has 0 saturated carbocycles. The van der Waals surface area contributed by atoms with Gasteiger partial charge in [0.1, 0.15) is 5.69 Å². The molecule has 0 bridgehead atoms. The Morgan fingerprint density at radius 1 is 1.38 bits per heavy atom. The van der Waals surface area contributed by atoms with Crippen LogP contribution in [0.5, 0.6) is 0 Å². The normalized spacial score (nSPS) is 17.7. The number of carbonyl (C=O) groups is 1. The van der Waals surface area contributed by atoms with Gasteiger partial charge in [-0.25, -0.2) is 0 Å². The molecule has 24 heavy (non-hydrogen) atoms. The molecule has 1 aliphatic rings. The van der Waals surface area contributed by atoms with Crippen LogP contribution in [0.15, 0.2) is 30.3 Å². The van der Waals surface area contributed by atoms with E-state index < -0.39 is 0 Å². The molecular formula is C17H22Cl2N4O. The number of nitrogens with one attached hydrogen (secondary N) is 2. The number of H-pyrrole nitrogens is 1. The summed E-state index contributed by atoms with van der Waals surface area (Å²) in [4.78, 5) is 14.8. The molecule has 0 radical (unpaired) electrons. The first-order valence-electron chi connectivity index (χ1n) is 7.88. The second kappa shape index (κ2) is 8.01. The standard InChI is InChI=1S/C17H21ClN4O.ClH/c1-11(2)14-9-15(21-20-14)17(23)22-7-6-19-10-16(22)12-4-3-5-13(18)8-12;/h3-5,8-9,11,16,19H,6-7,10H2,1-2H3,(H,20,21);1H. The van der Waals surface area contributed by atoms with Crippen LogP contribution in [0.3, 0.4) is 0 Å². The lowest BCUT2D eigenvalue weighted by molar-refractivity contribution is 0.0628. The van der Waals surface area contributed by atoms with Crippen molar-refractivity contribution in [3.05, 3.63) is 52.3 Å². The Labute approximate surface area is 153 Å². The fourth-order valence-corrected chi connectivity index (χ4v) is 3.05. The van der Waals surface area contributed by atoms with Gasteiger partial charge >= 0.3 is 0 Å². The summed E-state index contributed by atoms with van der Waals surface area (Å²) in [5.41, 5.74) is 2.49. The number of carbonyl (C=O) groups excluding carboxylic acids is 1. The molecule has 0 spiro atoms. The van der Waals surface area contributed by atoms with Gasteiger partial charge in [-0.15, -0.1) is 12.4 Å². The Morgan fingerprint density at radius 3 is 2.83 bits per heavy atom. The molecule has 1 aliphatic heterocycles. The average molecular weight is 369 g/mol. The van der Waals surface area contributed by atoms with E-state index >= 15 is 0 Å². The first-order chi connectivity index (χ1) is 11.1. The van der Waals surface area contributed by atoms with E-state index in [1.54, 1.807) is 0 Å². The quantitative estimate of drug-likeness (QED) is 0.872. The highest BCUT2D eigenvalue weighted by Gasteiger charge is 2.30. The number of benzene rings is 1. The molecule has 5 nitrogen and oxygen atoms in total. The fourth-order valence-electron chi connectivity index (χ4n) is 2.85. The zero-order chi connectivity index (χ0) is 16.4. The van der Waals surface area contributed by atoms with Crippen LogP contribution in [0.2, 0.25) is 5.02 Å². The topological polar surface area (TPSA) is 61.0 Å². The van der Waals surface area contributed by atoms with Crippen LogP contribution in [-0.4, -0.2) is 40.6 Å². The van der Waals surface area contributed by atoms with Gasteiger partial charge in [0.15, 0.2) is 0 Å². The van der Waals surface area contributed by atoms with Gasteiger partial charge < -0.3 is 10.2 Å². The summed E-state index contributed by atoms with van der Waals surface area (Å²) in [6, 6.07) is 9.51. The number of rotatable bonds is 3. The molecule has 0 aliphatic carbocycles. The number of piperazine rings is 1. The number of amides is 1. The number of hydrogen-bond donors (Lipinski definition) is 2. The Kier molecular flexibility index (Phi) is 6.27. The molecule has 1 unspecified atom stereocenters. The first kappa shape index (κ1) is 18.8. The lowest BCUT2D eigenvalue weighted by atomic mass is 10.0. The average Bonchev–Trinajstić information content (AvgIpc) is 3.04. The largest absolute Gasteiger partial charge is 0.328 e. The van der Waals surface area contributed by atoms with Gasteiger partial charge in [0.05, 0.1) is 6.04 Å². The maximum Gasteiger partial charge on any atom is 0.274 e. The summed E-state index contributed by atoms with van der Waals surface area (Å²) >= 11 is 6.11. The van der Waals surface area contributed by atoms with Crippen molar-refractivity contribution in [1.82, 2.24) is 20.4 Å². The van der Waals surface area contributed by atoms with Crippen LogP contribution >= 0.6 is 24.0 Å². The Balaban J connectivity index is 0.00000208. The monoisotopic (exact) mass is 368 g/mol. The third-order valence-electron chi connectivity index (χ3n) is 4.18. The minimum Gasteiger partial charge on any atom is -0.328 e. The maximum atomic E-state index is 12.9. The molecule has 1 aromatic heterocycles. The van der Waals surface area contributed by atoms with E-state index in [1.807, 2.05) is 35.2 Å². The third-order valence-corrected chi connectivity index (χ3v) is 4.41. The predicted octanol–water partition coefficient (Wildman–Crippen LogP) is 3.40. The summed E-state index contributed by atoms with van der Waals surface area (Å²) in [6.07, 6.45) is 0. The number of aromatic amines is 1. The smallest absolute Gasteiger partial charge is 0.274 e. The Bertz CT molecular complexity index is 701. The highest BCUT2D eigenvalue weighted by molar-refractivity contribution is 6.30. The molecule has 7 heteroatoms. The molecule has 2 aromatic rings. The van der Waals surface area contributed by atoms with Crippen molar-refractivity contribution in [3.8, 4) is 0 Å². The van der Waals surface area contributed by atoms with Crippen LogP contribution in [0.25, 0.3) is 0 Å². The van der Waals surface area contributed by atoms with E-state index in [0.717, 1.165) is 17.8 Å². The van der Waals surface area contributed by atoms with Crippen LogP contribution in [0, 0.1) is 0 Å². The number of hydrogen-bond acceptors (Lipinski definition) is 3. The number of nitrogens with zero attached hydrogens (tertiary/aromatic N) is 2. The molecule has 2 N–H and O–H groups in total. The van der Waals surface area contributed by atoms with Crippen molar-refractivity contribution in [2.45, 2.75) is 25.8 Å². The van der Waals surface area contributed by atoms with E-state index in [4.69, 9.17) is 11.6 Å². The number of aromatic nitrogens is 2. The molecule has 3 rings (SSSR count). The lowest BCUT2D eigenvalue weighted by Gasteiger charge is -2.36. The van der Waals surface area contributed by atoms with Gasteiger partial charge in [-0.1, -0.05) is 37.6 Å². The molecule has 1 saturated heterocycles. The Morgan fingerprint density at radius 2 is 2.17 bits per heavy atom. The highest BCUT2D eigenvalue weighted by Crippen LogP contribution is 2.26. The number of halogens is 2. The molecule has 1 atom stereocenters. The molecule has 2 heterocycles. The predicted molar refractivity (Wildman–Crippen MR) is 98.0 cm³/mol. The van der Waals surface area contributed by atoms with Gasteiger partial charge in [0.25, 0.3) is 5.91 Å². The van der Waals surface area contributed by atoms with E-state index in [9.17, 15) is 4.79 Å². The van der Waals surface area contributed by atoms with Crippen LogP contribution in [-0.2, 0) is 0 Å². The lowest BCUT2D eigenvalue weighted by Crippen LogP contribution is -2.48. The zero-order valence-electron chi connectivity index (χ0n) is 13.8. The molecule has 1 aromatic carbocycles. The Hall–Kier alpha value is -1.56. The molecular weight excluding hydrogens is 347 g/mol. The molecule has 1 amide bonds. The van der Waals surface area contributed by atoms with Gasteiger partial charge in [0.2, 0.25) is 0 Å². The van der Waals surface area contributed by atoms with Crippen molar-refractivity contribution in [1.29, 1.82) is 0 Å². The summed E-state index contributed by atoms with van der Waals surface area (Å²) < 4.78 is 0. The third kappa shape index (κ3) is 3.91.